The Hall–Kier alpha value is 0.270. The molecule has 0 heterocycles. The standard InChI is InChI=1S/C5H13NOS/c1-3-4-5(2)8(6)7/h5H,3-4,6H2,1-2H3. The Labute approximate surface area is 53.8 Å². The summed E-state index contributed by atoms with van der Waals surface area (Å²) in [5, 5.41) is 5.26. The lowest BCUT2D eigenvalue weighted by Crippen LogP contribution is -2.25. The maximum absolute atomic E-state index is 10.4. The summed E-state index contributed by atoms with van der Waals surface area (Å²) in [4.78, 5) is 0. The molecule has 8 heavy (non-hydrogen) atoms. The summed E-state index contributed by atoms with van der Waals surface area (Å²) in [5.41, 5.74) is 0. The van der Waals surface area contributed by atoms with E-state index in [1.165, 1.54) is 0 Å². The molecule has 2 unspecified atom stereocenters. The van der Waals surface area contributed by atoms with Crippen molar-refractivity contribution in [1.29, 1.82) is 0 Å². The van der Waals surface area contributed by atoms with E-state index in [4.69, 9.17) is 5.14 Å². The van der Waals surface area contributed by atoms with Gasteiger partial charge in [-0.05, 0) is 13.3 Å². The summed E-state index contributed by atoms with van der Waals surface area (Å²) in [7, 11) is 0. The van der Waals surface area contributed by atoms with Gasteiger partial charge in [0.05, 0.1) is 0 Å². The van der Waals surface area contributed by atoms with E-state index in [-0.39, 0.29) is 5.25 Å². The molecule has 0 aliphatic rings. The van der Waals surface area contributed by atoms with Crippen LogP contribution in [0, 0.1) is 0 Å². The molecule has 0 aliphatic heterocycles. The minimum absolute atomic E-state index is 0.167. The van der Waals surface area contributed by atoms with Gasteiger partial charge >= 0.3 is 0 Å². The Kier molecular flexibility index (Phi) is 4.32. The Morgan fingerprint density at radius 1 is 1.75 bits per heavy atom. The summed E-state index contributed by atoms with van der Waals surface area (Å²) in [6.45, 7) is 3.96. The Morgan fingerprint density at radius 2 is 2.25 bits per heavy atom. The highest BCUT2D eigenvalue weighted by Crippen LogP contribution is 2.02. The molecular formula is C5H13NOS. The van der Waals surface area contributed by atoms with Crippen molar-refractivity contribution in [3.05, 3.63) is 0 Å². The molecular weight excluding hydrogens is 122 g/mol. The highest BCUT2D eigenvalue weighted by Gasteiger charge is 2.09. The first-order valence-corrected chi connectivity index (χ1v) is 4.11. The van der Waals surface area contributed by atoms with E-state index in [9.17, 15) is 4.55 Å². The van der Waals surface area contributed by atoms with Crippen LogP contribution >= 0.6 is 0 Å². The first-order chi connectivity index (χ1) is 3.68. The van der Waals surface area contributed by atoms with E-state index in [0.29, 0.717) is 0 Å². The monoisotopic (exact) mass is 135 g/mol. The van der Waals surface area contributed by atoms with Gasteiger partial charge in [-0.2, -0.15) is 5.14 Å². The average molecular weight is 135 g/mol. The Balaban J connectivity index is 3.17. The van der Waals surface area contributed by atoms with Crippen LogP contribution in [-0.2, 0) is 11.4 Å². The van der Waals surface area contributed by atoms with Crippen LogP contribution in [0.15, 0.2) is 0 Å². The molecule has 0 bridgehead atoms. The molecule has 0 saturated heterocycles. The molecule has 0 radical (unpaired) electrons. The average Bonchev–Trinajstić information content (AvgIpc) is 1.67. The van der Waals surface area contributed by atoms with Gasteiger partial charge in [0.15, 0.2) is 0 Å². The van der Waals surface area contributed by atoms with Gasteiger partial charge in [0, 0.05) is 11.4 Å². The van der Waals surface area contributed by atoms with Crippen LogP contribution in [0.25, 0.3) is 0 Å². The van der Waals surface area contributed by atoms with Crippen LogP contribution in [0.3, 0.4) is 0 Å². The zero-order valence-electron chi connectivity index (χ0n) is 5.39. The number of hydrogen-bond acceptors (Lipinski definition) is 2. The predicted octanol–water partition coefficient (Wildman–Crippen LogP) is 0.797. The molecule has 0 aliphatic carbocycles. The third kappa shape index (κ3) is 3.29. The van der Waals surface area contributed by atoms with Crippen molar-refractivity contribution in [2.45, 2.75) is 31.9 Å². The van der Waals surface area contributed by atoms with Crippen molar-refractivity contribution in [2.75, 3.05) is 0 Å². The molecule has 2 N–H and O–H groups in total. The highest BCUT2D eigenvalue weighted by atomic mass is 32.2. The van der Waals surface area contributed by atoms with Crippen molar-refractivity contribution < 1.29 is 4.55 Å². The Morgan fingerprint density at radius 3 is 2.38 bits per heavy atom. The van der Waals surface area contributed by atoms with E-state index in [0.717, 1.165) is 12.8 Å². The molecule has 0 spiro atoms. The van der Waals surface area contributed by atoms with E-state index < -0.39 is 11.4 Å². The van der Waals surface area contributed by atoms with Gasteiger partial charge in [-0.3, -0.25) is 0 Å². The van der Waals surface area contributed by atoms with Crippen molar-refractivity contribution >= 4 is 11.4 Å². The maximum atomic E-state index is 10.4. The van der Waals surface area contributed by atoms with E-state index in [1.807, 2.05) is 6.92 Å². The van der Waals surface area contributed by atoms with Gasteiger partial charge in [-0.1, -0.05) is 13.3 Å². The van der Waals surface area contributed by atoms with Gasteiger partial charge < -0.3 is 4.55 Å². The van der Waals surface area contributed by atoms with E-state index in [1.54, 1.807) is 0 Å². The van der Waals surface area contributed by atoms with E-state index in [2.05, 4.69) is 6.92 Å². The summed E-state index contributed by atoms with van der Waals surface area (Å²) >= 11 is -1.11. The van der Waals surface area contributed by atoms with Crippen LogP contribution < -0.4 is 5.14 Å². The molecule has 0 fully saturated rings. The molecule has 0 aromatic rings. The summed E-state index contributed by atoms with van der Waals surface area (Å²) in [6.07, 6.45) is 2.02. The quantitative estimate of drug-likeness (QED) is 0.582. The van der Waals surface area contributed by atoms with Gasteiger partial charge in [0.2, 0.25) is 0 Å². The van der Waals surface area contributed by atoms with Gasteiger partial charge in [-0.15, -0.1) is 0 Å². The van der Waals surface area contributed by atoms with Crippen LogP contribution in [-0.4, -0.2) is 9.80 Å². The van der Waals surface area contributed by atoms with Crippen molar-refractivity contribution in [3.63, 3.8) is 0 Å². The highest BCUT2D eigenvalue weighted by molar-refractivity contribution is 7.89. The molecule has 3 heteroatoms. The van der Waals surface area contributed by atoms with Crippen molar-refractivity contribution in [3.8, 4) is 0 Å². The SMILES string of the molecule is CCCC(C)[S+](N)[O-]. The molecule has 2 nitrogen and oxygen atoms in total. The third-order valence-corrected chi connectivity index (χ3v) is 2.12. The topological polar surface area (TPSA) is 49.1 Å². The van der Waals surface area contributed by atoms with Gasteiger partial charge in [0.25, 0.3) is 0 Å². The Bertz CT molecular complexity index is 58.4. The number of hydrogen-bond donors (Lipinski definition) is 1. The smallest absolute Gasteiger partial charge is 0.132 e. The van der Waals surface area contributed by atoms with Crippen molar-refractivity contribution in [1.82, 2.24) is 0 Å². The van der Waals surface area contributed by atoms with Crippen LogP contribution in [0.4, 0.5) is 0 Å². The molecule has 2 atom stereocenters. The second-order valence-corrected chi connectivity index (χ2v) is 3.39. The lowest BCUT2D eigenvalue weighted by molar-refractivity contribution is 0.576. The second-order valence-electron chi connectivity index (χ2n) is 1.93. The molecule has 0 aromatic heterocycles. The fraction of sp³-hybridized carbons (Fsp3) is 1.00. The molecule has 0 amide bonds. The number of nitrogens with two attached hydrogens (primary N) is 1. The molecule has 0 rings (SSSR count). The lowest BCUT2D eigenvalue weighted by Gasteiger charge is -2.09. The third-order valence-electron chi connectivity index (χ3n) is 1.09. The van der Waals surface area contributed by atoms with Crippen molar-refractivity contribution in [2.24, 2.45) is 5.14 Å². The molecule has 0 saturated carbocycles. The normalized spacial score (nSPS) is 18.0. The van der Waals surface area contributed by atoms with E-state index >= 15 is 0 Å². The van der Waals surface area contributed by atoms with Gasteiger partial charge in [-0.25, -0.2) is 0 Å². The summed E-state index contributed by atoms with van der Waals surface area (Å²) < 4.78 is 10.4. The van der Waals surface area contributed by atoms with Crippen LogP contribution in [0.1, 0.15) is 26.7 Å². The first kappa shape index (κ1) is 8.27. The zero-order chi connectivity index (χ0) is 6.57. The zero-order valence-corrected chi connectivity index (χ0v) is 6.20. The molecule has 0 aromatic carbocycles. The second kappa shape index (κ2) is 4.18. The minimum atomic E-state index is -1.11. The fourth-order valence-corrected chi connectivity index (χ4v) is 0.991. The van der Waals surface area contributed by atoms with Gasteiger partial charge in [0.1, 0.15) is 5.25 Å². The van der Waals surface area contributed by atoms with Crippen LogP contribution in [0.5, 0.6) is 0 Å². The summed E-state index contributed by atoms with van der Waals surface area (Å²) in [5.74, 6) is 0. The predicted molar refractivity (Wildman–Crippen MR) is 36.7 cm³/mol. The first-order valence-electron chi connectivity index (χ1n) is 2.83. The summed E-state index contributed by atoms with van der Waals surface area (Å²) in [6, 6.07) is 0. The number of rotatable bonds is 3. The maximum Gasteiger partial charge on any atom is 0.132 e. The minimum Gasteiger partial charge on any atom is -0.598 e. The molecule has 50 valence electrons. The fourth-order valence-electron chi connectivity index (χ4n) is 0.523. The largest absolute Gasteiger partial charge is 0.598 e. The lowest BCUT2D eigenvalue weighted by atomic mass is 10.3. The van der Waals surface area contributed by atoms with Crippen LogP contribution in [0.2, 0.25) is 0 Å².